The van der Waals surface area contributed by atoms with Crippen molar-refractivity contribution in [3.05, 3.63) is 23.8 Å². The predicted octanol–water partition coefficient (Wildman–Crippen LogP) is 0.0694. The molecule has 0 spiro atoms. The molecule has 0 saturated carbocycles. The fraction of sp³-hybridized carbons (Fsp3) is 0.385. The number of hydrogen-bond donors (Lipinski definition) is 3. The van der Waals surface area contributed by atoms with Crippen molar-refractivity contribution < 1.29 is 9.59 Å². The Balaban J connectivity index is 2.32. The van der Waals surface area contributed by atoms with Crippen molar-refractivity contribution in [2.45, 2.75) is 12.8 Å². The zero-order valence-corrected chi connectivity index (χ0v) is 10.6. The van der Waals surface area contributed by atoms with Crippen molar-refractivity contribution in [3.63, 3.8) is 0 Å². The van der Waals surface area contributed by atoms with E-state index in [2.05, 4.69) is 0 Å². The second kappa shape index (κ2) is 5.17. The molecule has 2 rings (SSSR count). The van der Waals surface area contributed by atoms with E-state index in [0.29, 0.717) is 23.5 Å². The van der Waals surface area contributed by atoms with Crippen LogP contribution in [-0.2, 0) is 4.79 Å². The second-order valence-corrected chi connectivity index (χ2v) is 4.83. The van der Waals surface area contributed by atoms with E-state index in [0.717, 1.165) is 19.4 Å². The smallest absolute Gasteiger partial charge is 0.250 e. The summed E-state index contributed by atoms with van der Waals surface area (Å²) in [5.74, 6) is -1.01. The van der Waals surface area contributed by atoms with Crippen molar-refractivity contribution in [1.82, 2.24) is 0 Å². The van der Waals surface area contributed by atoms with Gasteiger partial charge in [0.1, 0.15) is 0 Å². The molecule has 1 aliphatic heterocycles. The van der Waals surface area contributed by atoms with Crippen LogP contribution >= 0.6 is 0 Å². The van der Waals surface area contributed by atoms with E-state index in [1.165, 1.54) is 0 Å². The summed E-state index contributed by atoms with van der Waals surface area (Å²) in [5.41, 5.74) is 18.1. The summed E-state index contributed by atoms with van der Waals surface area (Å²) in [6.07, 6.45) is 1.63. The lowest BCUT2D eigenvalue weighted by atomic mass is 9.96. The van der Waals surface area contributed by atoms with E-state index >= 15 is 0 Å². The number of amides is 2. The van der Waals surface area contributed by atoms with Crippen molar-refractivity contribution in [2.24, 2.45) is 17.4 Å². The van der Waals surface area contributed by atoms with Gasteiger partial charge in [-0.1, -0.05) is 0 Å². The van der Waals surface area contributed by atoms with Crippen LogP contribution in [0.4, 0.5) is 11.4 Å². The number of benzene rings is 1. The highest BCUT2D eigenvalue weighted by Gasteiger charge is 2.26. The SMILES string of the molecule is NC(=O)c1ccc(N)cc1N1CCCC(C(N)=O)C1. The molecule has 1 unspecified atom stereocenters. The number of nitrogens with two attached hydrogens (primary N) is 3. The molecule has 6 N–H and O–H groups in total. The lowest BCUT2D eigenvalue weighted by Crippen LogP contribution is -2.42. The molecule has 0 aliphatic carbocycles. The van der Waals surface area contributed by atoms with Gasteiger partial charge in [-0.3, -0.25) is 9.59 Å². The Labute approximate surface area is 111 Å². The van der Waals surface area contributed by atoms with E-state index in [4.69, 9.17) is 17.2 Å². The molecule has 0 bridgehead atoms. The molecule has 0 aromatic heterocycles. The molecule has 6 nitrogen and oxygen atoms in total. The first-order valence-corrected chi connectivity index (χ1v) is 6.22. The van der Waals surface area contributed by atoms with Gasteiger partial charge in [0.25, 0.3) is 5.91 Å². The number of nitrogen functional groups attached to an aromatic ring is 1. The monoisotopic (exact) mass is 262 g/mol. The highest BCUT2D eigenvalue weighted by atomic mass is 16.1. The number of anilines is 2. The van der Waals surface area contributed by atoms with Gasteiger partial charge in [0.05, 0.1) is 17.2 Å². The van der Waals surface area contributed by atoms with Crippen LogP contribution in [0, 0.1) is 5.92 Å². The summed E-state index contributed by atoms with van der Waals surface area (Å²) in [6.45, 7) is 1.26. The molecule has 1 fully saturated rings. The summed E-state index contributed by atoms with van der Waals surface area (Å²) in [5, 5.41) is 0. The Morgan fingerprint density at radius 3 is 2.63 bits per heavy atom. The van der Waals surface area contributed by atoms with Crippen LogP contribution in [0.15, 0.2) is 18.2 Å². The molecule has 1 saturated heterocycles. The zero-order valence-electron chi connectivity index (χ0n) is 10.6. The number of carbonyl (C=O) groups excluding carboxylic acids is 2. The van der Waals surface area contributed by atoms with E-state index in [9.17, 15) is 9.59 Å². The Morgan fingerprint density at radius 1 is 1.26 bits per heavy atom. The molecular formula is C13H18N4O2. The van der Waals surface area contributed by atoms with Gasteiger partial charge in [0.15, 0.2) is 0 Å². The third kappa shape index (κ3) is 2.78. The van der Waals surface area contributed by atoms with Crippen molar-refractivity contribution in [2.75, 3.05) is 23.7 Å². The van der Waals surface area contributed by atoms with Crippen LogP contribution in [0.3, 0.4) is 0 Å². The van der Waals surface area contributed by atoms with Crippen molar-refractivity contribution in [1.29, 1.82) is 0 Å². The zero-order chi connectivity index (χ0) is 14.0. The van der Waals surface area contributed by atoms with Crippen LogP contribution in [0.5, 0.6) is 0 Å². The molecule has 1 atom stereocenters. The maximum Gasteiger partial charge on any atom is 0.250 e. The van der Waals surface area contributed by atoms with E-state index < -0.39 is 5.91 Å². The van der Waals surface area contributed by atoms with Gasteiger partial charge in [-0.25, -0.2) is 0 Å². The number of nitrogens with zero attached hydrogens (tertiary/aromatic N) is 1. The lowest BCUT2D eigenvalue weighted by Gasteiger charge is -2.34. The molecule has 1 aromatic rings. The molecular weight excluding hydrogens is 244 g/mol. The van der Waals surface area contributed by atoms with Gasteiger partial charge in [-0.05, 0) is 31.0 Å². The summed E-state index contributed by atoms with van der Waals surface area (Å²) >= 11 is 0. The largest absolute Gasteiger partial charge is 0.399 e. The summed E-state index contributed by atoms with van der Waals surface area (Å²) in [4.78, 5) is 24.7. The number of carbonyl (C=O) groups is 2. The fourth-order valence-electron chi connectivity index (χ4n) is 2.45. The normalized spacial score (nSPS) is 19.2. The van der Waals surface area contributed by atoms with Crippen LogP contribution in [0.25, 0.3) is 0 Å². The number of piperidine rings is 1. The van der Waals surface area contributed by atoms with Gasteiger partial charge in [-0.2, -0.15) is 0 Å². The minimum atomic E-state index is -0.504. The Bertz CT molecular complexity index is 515. The van der Waals surface area contributed by atoms with Crippen LogP contribution in [0.2, 0.25) is 0 Å². The van der Waals surface area contributed by atoms with E-state index in [1.54, 1.807) is 18.2 Å². The first kappa shape index (κ1) is 13.2. The Morgan fingerprint density at radius 2 is 2.00 bits per heavy atom. The summed E-state index contributed by atoms with van der Waals surface area (Å²) in [7, 11) is 0. The number of hydrogen-bond acceptors (Lipinski definition) is 4. The molecule has 19 heavy (non-hydrogen) atoms. The van der Waals surface area contributed by atoms with Gasteiger partial charge >= 0.3 is 0 Å². The molecule has 1 aromatic carbocycles. The van der Waals surface area contributed by atoms with Gasteiger partial charge in [-0.15, -0.1) is 0 Å². The first-order valence-electron chi connectivity index (χ1n) is 6.22. The summed E-state index contributed by atoms with van der Waals surface area (Å²) < 4.78 is 0. The minimum Gasteiger partial charge on any atom is -0.399 e. The standard InChI is InChI=1S/C13H18N4O2/c14-9-3-4-10(13(16)19)11(6-9)17-5-1-2-8(7-17)12(15)18/h3-4,6,8H,1-2,5,7,14H2,(H2,15,18)(H2,16,19). The fourth-order valence-corrected chi connectivity index (χ4v) is 2.45. The molecule has 1 aliphatic rings. The number of rotatable bonds is 3. The molecule has 0 radical (unpaired) electrons. The Hall–Kier alpha value is -2.24. The average Bonchev–Trinajstić information content (AvgIpc) is 2.38. The van der Waals surface area contributed by atoms with Crippen molar-refractivity contribution in [3.8, 4) is 0 Å². The molecule has 102 valence electrons. The van der Waals surface area contributed by atoms with Crippen LogP contribution < -0.4 is 22.1 Å². The topological polar surface area (TPSA) is 115 Å². The highest BCUT2D eigenvalue weighted by molar-refractivity contribution is 5.99. The van der Waals surface area contributed by atoms with Gasteiger partial charge in [0, 0.05) is 18.8 Å². The maximum atomic E-state index is 11.5. The van der Waals surface area contributed by atoms with Crippen LogP contribution in [0.1, 0.15) is 23.2 Å². The average molecular weight is 262 g/mol. The van der Waals surface area contributed by atoms with E-state index in [-0.39, 0.29) is 11.8 Å². The predicted molar refractivity (Wildman–Crippen MR) is 73.5 cm³/mol. The Kier molecular flexibility index (Phi) is 3.59. The molecule has 2 amide bonds. The third-order valence-corrected chi connectivity index (χ3v) is 3.45. The first-order chi connectivity index (χ1) is 8.99. The summed E-state index contributed by atoms with van der Waals surface area (Å²) in [6, 6.07) is 4.96. The lowest BCUT2D eigenvalue weighted by molar-refractivity contribution is -0.122. The van der Waals surface area contributed by atoms with E-state index in [1.807, 2.05) is 4.90 Å². The van der Waals surface area contributed by atoms with Crippen molar-refractivity contribution >= 4 is 23.2 Å². The molecule has 1 heterocycles. The maximum absolute atomic E-state index is 11.5. The molecule has 6 heteroatoms. The minimum absolute atomic E-state index is 0.198. The quantitative estimate of drug-likeness (QED) is 0.668. The second-order valence-electron chi connectivity index (χ2n) is 4.83. The third-order valence-electron chi connectivity index (χ3n) is 3.45. The van der Waals surface area contributed by atoms with Gasteiger partial charge in [0.2, 0.25) is 5.91 Å². The van der Waals surface area contributed by atoms with Crippen LogP contribution in [-0.4, -0.2) is 24.9 Å². The number of primary amides is 2. The highest BCUT2D eigenvalue weighted by Crippen LogP contribution is 2.28. The van der Waals surface area contributed by atoms with Gasteiger partial charge < -0.3 is 22.1 Å².